The molecule has 1 aliphatic heterocycles. The molecule has 1 aromatic carbocycles. The quantitative estimate of drug-likeness (QED) is 0.852. The molecule has 2 aromatic rings. The van der Waals surface area contributed by atoms with E-state index in [1.165, 1.54) is 12.1 Å². The fourth-order valence-corrected chi connectivity index (χ4v) is 2.66. The van der Waals surface area contributed by atoms with Crippen molar-refractivity contribution in [2.45, 2.75) is 25.7 Å². The Morgan fingerprint density at radius 3 is 2.71 bits per heavy atom. The van der Waals surface area contributed by atoms with Crippen molar-refractivity contribution in [2.24, 2.45) is 0 Å². The van der Waals surface area contributed by atoms with Crippen molar-refractivity contribution in [3.05, 3.63) is 62.8 Å². The van der Waals surface area contributed by atoms with Crippen LogP contribution in [-0.2, 0) is 25.7 Å². The fraction of sp³-hybridized carbons (Fsp3) is 0.333. The van der Waals surface area contributed by atoms with E-state index in [9.17, 15) is 26.7 Å². The number of H-pyrrole nitrogens is 1. The average Bonchev–Trinajstić information content (AvgIpc) is 2.51. The lowest BCUT2D eigenvalue weighted by atomic mass is 10.1. The number of halogens is 5. The van der Waals surface area contributed by atoms with Gasteiger partial charge in [-0.15, -0.1) is 0 Å². The van der Waals surface area contributed by atoms with Crippen LogP contribution in [0.1, 0.15) is 22.6 Å². The van der Waals surface area contributed by atoms with E-state index in [2.05, 4.69) is 4.98 Å². The molecule has 0 saturated carbocycles. The number of hydrogen-bond donors (Lipinski definition) is 1. The maximum atomic E-state index is 13.7. The van der Waals surface area contributed by atoms with Crippen LogP contribution in [0, 0.1) is 11.6 Å². The van der Waals surface area contributed by atoms with Gasteiger partial charge in [0, 0.05) is 31.6 Å². The molecule has 0 aliphatic carbocycles. The maximum absolute atomic E-state index is 13.7. The first-order valence-corrected chi connectivity index (χ1v) is 7.10. The second-order valence-electron chi connectivity index (χ2n) is 5.51. The number of nitrogens with one attached hydrogen (secondary N) is 1. The van der Waals surface area contributed by atoms with Gasteiger partial charge in [-0.2, -0.15) is 13.2 Å². The van der Waals surface area contributed by atoms with E-state index in [1.54, 1.807) is 9.88 Å². The summed E-state index contributed by atoms with van der Waals surface area (Å²) in [7, 11) is 0. The zero-order valence-corrected chi connectivity index (χ0v) is 12.3. The second-order valence-corrected chi connectivity index (χ2v) is 5.51. The van der Waals surface area contributed by atoms with Crippen LogP contribution in [0.2, 0.25) is 0 Å². The minimum atomic E-state index is -4.73. The molecule has 1 aliphatic rings. The number of nitrogens with zero attached hydrogens (tertiary/aromatic N) is 2. The summed E-state index contributed by atoms with van der Waals surface area (Å²) in [5.74, 6) is -3.27. The Labute approximate surface area is 132 Å². The van der Waals surface area contributed by atoms with Crippen LogP contribution in [0.25, 0.3) is 0 Å². The molecule has 0 spiro atoms. The van der Waals surface area contributed by atoms with E-state index in [4.69, 9.17) is 0 Å². The Bertz CT molecular complexity index is 831. The smallest absolute Gasteiger partial charge is 0.303 e. The van der Waals surface area contributed by atoms with Gasteiger partial charge >= 0.3 is 6.18 Å². The third kappa shape index (κ3) is 3.16. The summed E-state index contributed by atoms with van der Waals surface area (Å²) >= 11 is 0. The standard InChI is InChI=1S/C15H12F5N3O/c16-10-3-1-2-8(12(10)17)6-23-5-4-11-9(7-23)13(24)22-14(21-11)15(18,19)20/h1-3H,4-7H2,(H,21,22,24). The molecule has 1 aromatic heterocycles. The normalized spacial score (nSPS) is 15.4. The summed E-state index contributed by atoms with van der Waals surface area (Å²) in [6.07, 6.45) is -4.60. The van der Waals surface area contributed by atoms with Gasteiger partial charge in [0.2, 0.25) is 5.82 Å². The summed E-state index contributed by atoms with van der Waals surface area (Å²) in [6.45, 7) is 0.353. The predicted octanol–water partition coefficient (Wildman–Crippen LogP) is 2.63. The van der Waals surface area contributed by atoms with Crippen molar-refractivity contribution >= 4 is 0 Å². The van der Waals surface area contributed by atoms with Crippen LogP contribution in [0.5, 0.6) is 0 Å². The molecule has 2 heterocycles. The monoisotopic (exact) mass is 345 g/mol. The first-order chi connectivity index (χ1) is 11.3. The molecule has 0 unspecified atom stereocenters. The molecule has 3 rings (SSSR count). The van der Waals surface area contributed by atoms with Crippen LogP contribution in [-0.4, -0.2) is 21.4 Å². The third-order valence-corrected chi connectivity index (χ3v) is 3.84. The van der Waals surface area contributed by atoms with Crippen molar-refractivity contribution in [1.29, 1.82) is 0 Å². The Morgan fingerprint density at radius 2 is 2.00 bits per heavy atom. The van der Waals surface area contributed by atoms with E-state index < -0.39 is 29.2 Å². The summed E-state index contributed by atoms with van der Waals surface area (Å²) in [4.78, 5) is 18.8. The van der Waals surface area contributed by atoms with Gasteiger partial charge in [-0.25, -0.2) is 13.8 Å². The van der Waals surface area contributed by atoms with E-state index in [0.29, 0.717) is 0 Å². The predicted molar refractivity (Wildman–Crippen MR) is 74.0 cm³/mol. The lowest BCUT2D eigenvalue weighted by molar-refractivity contribution is -0.145. The molecular weight excluding hydrogens is 333 g/mol. The Balaban J connectivity index is 1.85. The van der Waals surface area contributed by atoms with Gasteiger partial charge < -0.3 is 4.98 Å². The van der Waals surface area contributed by atoms with Crippen molar-refractivity contribution in [3.8, 4) is 0 Å². The van der Waals surface area contributed by atoms with Gasteiger partial charge in [-0.3, -0.25) is 9.69 Å². The van der Waals surface area contributed by atoms with Gasteiger partial charge in [0.25, 0.3) is 5.56 Å². The Kier molecular flexibility index (Phi) is 4.12. The topological polar surface area (TPSA) is 49.0 Å². The van der Waals surface area contributed by atoms with E-state index in [0.717, 1.165) is 6.07 Å². The molecule has 24 heavy (non-hydrogen) atoms. The van der Waals surface area contributed by atoms with Crippen LogP contribution < -0.4 is 5.56 Å². The van der Waals surface area contributed by atoms with E-state index >= 15 is 0 Å². The largest absolute Gasteiger partial charge is 0.449 e. The van der Waals surface area contributed by atoms with Gasteiger partial charge in [0.15, 0.2) is 11.6 Å². The molecule has 0 atom stereocenters. The molecule has 1 N–H and O–H groups in total. The first kappa shape index (κ1) is 16.6. The van der Waals surface area contributed by atoms with Gasteiger partial charge in [-0.05, 0) is 6.07 Å². The van der Waals surface area contributed by atoms with Crippen molar-refractivity contribution < 1.29 is 22.0 Å². The summed E-state index contributed by atoms with van der Waals surface area (Å²) < 4.78 is 64.9. The Morgan fingerprint density at radius 1 is 1.25 bits per heavy atom. The number of alkyl halides is 3. The van der Waals surface area contributed by atoms with Crippen LogP contribution in [0.15, 0.2) is 23.0 Å². The second kappa shape index (κ2) is 5.97. The SMILES string of the molecule is O=c1[nH]c(C(F)(F)F)nc2c1CN(Cc1cccc(F)c1F)CC2. The van der Waals surface area contributed by atoms with Gasteiger partial charge in [-0.1, -0.05) is 12.1 Å². The number of rotatable bonds is 2. The summed E-state index contributed by atoms with van der Waals surface area (Å²) in [5, 5.41) is 0. The number of benzene rings is 1. The van der Waals surface area contributed by atoms with Crippen molar-refractivity contribution in [2.75, 3.05) is 6.54 Å². The lowest BCUT2D eigenvalue weighted by Crippen LogP contribution is -2.36. The summed E-state index contributed by atoms with van der Waals surface area (Å²) in [5.41, 5.74) is -0.542. The Hall–Kier alpha value is -2.29. The first-order valence-electron chi connectivity index (χ1n) is 7.10. The number of aromatic nitrogens is 2. The molecular formula is C15H12F5N3O. The molecule has 9 heteroatoms. The van der Waals surface area contributed by atoms with Crippen LogP contribution >= 0.6 is 0 Å². The molecule has 0 radical (unpaired) electrons. The highest BCUT2D eigenvalue weighted by molar-refractivity contribution is 5.23. The highest BCUT2D eigenvalue weighted by atomic mass is 19.4. The van der Waals surface area contributed by atoms with E-state index in [1.807, 2.05) is 0 Å². The van der Waals surface area contributed by atoms with Gasteiger partial charge in [0.1, 0.15) is 0 Å². The molecule has 0 saturated heterocycles. The molecule has 128 valence electrons. The van der Waals surface area contributed by atoms with Crippen molar-refractivity contribution in [1.82, 2.24) is 14.9 Å². The minimum absolute atomic E-state index is 0.0196. The average molecular weight is 345 g/mol. The number of aromatic amines is 1. The molecule has 0 fully saturated rings. The number of fused-ring (bicyclic) bond motifs is 1. The molecule has 4 nitrogen and oxygen atoms in total. The van der Waals surface area contributed by atoms with Crippen molar-refractivity contribution in [3.63, 3.8) is 0 Å². The van der Waals surface area contributed by atoms with Crippen LogP contribution in [0.3, 0.4) is 0 Å². The molecule has 0 amide bonds. The number of hydrogen-bond acceptors (Lipinski definition) is 3. The zero-order chi connectivity index (χ0) is 17.5. The lowest BCUT2D eigenvalue weighted by Gasteiger charge is -2.28. The maximum Gasteiger partial charge on any atom is 0.449 e. The van der Waals surface area contributed by atoms with Crippen LogP contribution in [0.4, 0.5) is 22.0 Å². The summed E-state index contributed by atoms with van der Waals surface area (Å²) in [6, 6.07) is 3.79. The van der Waals surface area contributed by atoms with Gasteiger partial charge in [0.05, 0.1) is 11.3 Å². The zero-order valence-electron chi connectivity index (χ0n) is 12.3. The fourth-order valence-electron chi connectivity index (χ4n) is 2.66. The van der Waals surface area contributed by atoms with E-state index in [-0.39, 0.29) is 42.9 Å². The molecule has 0 bridgehead atoms. The highest BCUT2D eigenvalue weighted by Gasteiger charge is 2.36. The third-order valence-electron chi connectivity index (χ3n) is 3.84. The highest BCUT2D eigenvalue weighted by Crippen LogP contribution is 2.27. The minimum Gasteiger partial charge on any atom is -0.303 e.